The van der Waals surface area contributed by atoms with Crippen LogP contribution in [0.1, 0.15) is 19.3 Å². The van der Waals surface area contributed by atoms with Crippen LogP contribution in [0.2, 0.25) is 0 Å². The Morgan fingerprint density at radius 2 is 1.77 bits per heavy atom. The van der Waals surface area contributed by atoms with Crippen molar-refractivity contribution in [2.24, 2.45) is 0 Å². The van der Waals surface area contributed by atoms with E-state index >= 15 is 0 Å². The highest BCUT2D eigenvalue weighted by atomic mass is 16.2. The van der Waals surface area contributed by atoms with Crippen molar-refractivity contribution in [1.82, 2.24) is 24.6 Å². The molecule has 1 amide bonds. The molecular weight excluding hydrogens is 330 g/mol. The summed E-state index contributed by atoms with van der Waals surface area (Å²) in [6.45, 7) is 5.40. The Hall–Kier alpha value is -2.64. The van der Waals surface area contributed by atoms with Crippen molar-refractivity contribution in [3.05, 3.63) is 30.7 Å². The van der Waals surface area contributed by atoms with Crippen LogP contribution in [-0.2, 0) is 11.3 Å². The van der Waals surface area contributed by atoms with Crippen molar-refractivity contribution in [1.29, 1.82) is 0 Å². The lowest BCUT2D eigenvalue weighted by Crippen LogP contribution is -2.50. The van der Waals surface area contributed by atoms with Crippen LogP contribution < -0.4 is 9.80 Å². The fourth-order valence-electron chi connectivity index (χ4n) is 3.58. The maximum Gasteiger partial charge on any atom is 0.244 e. The third kappa shape index (κ3) is 3.79. The molecule has 0 spiro atoms. The predicted molar refractivity (Wildman–Crippen MR) is 99.1 cm³/mol. The molecule has 2 aliphatic rings. The van der Waals surface area contributed by atoms with Crippen molar-refractivity contribution >= 4 is 17.7 Å². The monoisotopic (exact) mass is 355 g/mol. The van der Waals surface area contributed by atoms with Crippen LogP contribution in [-0.4, -0.2) is 69.8 Å². The summed E-state index contributed by atoms with van der Waals surface area (Å²) in [4.78, 5) is 28.0. The molecule has 2 aliphatic heterocycles. The van der Waals surface area contributed by atoms with Crippen LogP contribution >= 0.6 is 0 Å². The number of carbonyl (C=O) groups excluding carboxylic acids is 1. The fourth-order valence-corrected chi connectivity index (χ4v) is 3.58. The third-order valence-corrected chi connectivity index (χ3v) is 5.08. The second-order valence-corrected chi connectivity index (χ2v) is 6.83. The van der Waals surface area contributed by atoms with Crippen LogP contribution in [0.3, 0.4) is 0 Å². The summed E-state index contributed by atoms with van der Waals surface area (Å²) >= 11 is 0. The highest BCUT2D eigenvalue weighted by Crippen LogP contribution is 2.20. The summed E-state index contributed by atoms with van der Waals surface area (Å²) in [5, 5.41) is 4.10. The number of anilines is 2. The molecule has 8 heteroatoms. The summed E-state index contributed by atoms with van der Waals surface area (Å²) in [5.74, 6) is 1.91. The van der Waals surface area contributed by atoms with E-state index in [-0.39, 0.29) is 5.91 Å². The quantitative estimate of drug-likeness (QED) is 0.815. The van der Waals surface area contributed by atoms with Crippen molar-refractivity contribution in [2.45, 2.75) is 25.8 Å². The van der Waals surface area contributed by atoms with E-state index < -0.39 is 0 Å². The molecule has 0 N–H and O–H groups in total. The van der Waals surface area contributed by atoms with Crippen molar-refractivity contribution in [2.75, 3.05) is 49.1 Å². The third-order valence-electron chi connectivity index (χ3n) is 5.08. The molecule has 4 heterocycles. The van der Waals surface area contributed by atoms with Gasteiger partial charge in [-0.2, -0.15) is 10.1 Å². The standard InChI is InChI=1S/C18H25N7O/c26-17(15-25-10-4-6-20-25)23-13-11-22(12-14-23)16-5-7-19-18(21-16)24-8-2-1-3-9-24/h4-7,10H,1-3,8-9,11-15H2. The molecule has 2 saturated heterocycles. The Bertz CT molecular complexity index is 719. The number of amides is 1. The zero-order valence-electron chi connectivity index (χ0n) is 15.0. The topological polar surface area (TPSA) is 70.4 Å². The number of piperidine rings is 1. The van der Waals surface area contributed by atoms with E-state index in [4.69, 9.17) is 4.98 Å². The molecule has 0 unspecified atom stereocenters. The van der Waals surface area contributed by atoms with E-state index in [1.54, 1.807) is 10.9 Å². The summed E-state index contributed by atoms with van der Waals surface area (Å²) < 4.78 is 1.67. The van der Waals surface area contributed by atoms with Crippen LogP contribution in [0.4, 0.5) is 11.8 Å². The second kappa shape index (κ2) is 7.72. The first-order valence-corrected chi connectivity index (χ1v) is 9.38. The highest BCUT2D eigenvalue weighted by molar-refractivity contribution is 5.76. The van der Waals surface area contributed by atoms with Gasteiger partial charge >= 0.3 is 0 Å². The van der Waals surface area contributed by atoms with Gasteiger partial charge in [0, 0.05) is 57.9 Å². The predicted octanol–water partition coefficient (Wildman–Crippen LogP) is 1.01. The van der Waals surface area contributed by atoms with Gasteiger partial charge < -0.3 is 14.7 Å². The Labute approximate surface area is 153 Å². The van der Waals surface area contributed by atoms with Gasteiger partial charge in [0.25, 0.3) is 0 Å². The average molecular weight is 355 g/mol. The lowest BCUT2D eigenvalue weighted by atomic mass is 10.1. The van der Waals surface area contributed by atoms with Gasteiger partial charge in [-0.15, -0.1) is 0 Å². The minimum atomic E-state index is 0.116. The highest BCUT2D eigenvalue weighted by Gasteiger charge is 2.23. The van der Waals surface area contributed by atoms with E-state index in [1.165, 1.54) is 19.3 Å². The summed E-state index contributed by atoms with van der Waals surface area (Å²) in [5.41, 5.74) is 0. The van der Waals surface area contributed by atoms with E-state index in [9.17, 15) is 4.79 Å². The zero-order valence-corrected chi connectivity index (χ0v) is 15.0. The van der Waals surface area contributed by atoms with Gasteiger partial charge in [-0.1, -0.05) is 0 Å². The molecule has 2 aromatic heterocycles. The average Bonchev–Trinajstić information content (AvgIpc) is 3.22. The van der Waals surface area contributed by atoms with Gasteiger partial charge in [0.1, 0.15) is 12.4 Å². The summed E-state index contributed by atoms with van der Waals surface area (Å²) in [6, 6.07) is 3.80. The van der Waals surface area contributed by atoms with Gasteiger partial charge in [0.05, 0.1) is 0 Å². The van der Waals surface area contributed by atoms with Crippen molar-refractivity contribution in [3.8, 4) is 0 Å². The summed E-state index contributed by atoms with van der Waals surface area (Å²) in [7, 11) is 0. The van der Waals surface area contributed by atoms with Crippen LogP contribution in [0, 0.1) is 0 Å². The Morgan fingerprint density at radius 3 is 2.50 bits per heavy atom. The first-order chi connectivity index (χ1) is 12.8. The SMILES string of the molecule is O=C(Cn1cccn1)N1CCN(c2ccnc(N3CCCCC3)n2)CC1. The lowest BCUT2D eigenvalue weighted by molar-refractivity contribution is -0.132. The van der Waals surface area contributed by atoms with E-state index in [2.05, 4.69) is 19.9 Å². The van der Waals surface area contributed by atoms with Gasteiger partial charge in [-0.05, 0) is 31.4 Å². The first kappa shape index (κ1) is 16.8. The first-order valence-electron chi connectivity index (χ1n) is 9.38. The molecule has 2 fully saturated rings. The largest absolute Gasteiger partial charge is 0.353 e. The number of piperazine rings is 1. The molecule has 2 aromatic rings. The fraction of sp³-hybridized carbons (Fsp3) is 0.556. The van der Waals surface area contributed by atoms with Gasteiger partial charge in [0.2, 0.25) is 11.9 Å². The Kier molecular flexibility index (Phi) is 4.99. The maximum atomic E-state index is 12.4. The molecule has 8 nitrogen and oxygen atoms in total. The molecule has 0 saturated carbocycles. The molecule has 0 aromatic carbocycles. The van der Waals surface area contributed by atoms with Crippen LogP contribution in [0.15, 0.2) is 30.7 Å². The molecule has 0 bridgehead atoms. The van der Waals surface area contributed by atoms with Gasteiger partial charge in [-0.25, -0.2) is 4.98 Å². The number of hydrogen-bond acceptors (Lipinski definition) is 6. The number of hydrogen-bond donors (Lipinski definition) is 0. The Morgan fingerprint density at radius 1 is 0.962 bits per heavy atom. The number of rotatable bonds is 4. The van der Waals surface area contributed by atoms with E-state index in [0.29, 0.717) is 19.6 Å². The van der Waals surface area contributed by atoms with Gasteiger partial charge in [0.15, 0.2) is 0 Å². The zero-order chi connectivity index (χ0) is 17.8. The molecule has 0 aliphatic carbocycles. The lowest BCUT2D eigenvalue weighted by Gasteiger charge is -2.36. The van der Waals surface area contributed by atoms with Crippen molar-refractivity contribution in [3.63, 3.8) is 0 Å². The number of nitrogens with zero attached hydrogens (tertiary/aromatic N) is 7. The maximum absolute atomic E-state index is 12.4. The molecule has 4 rings (SSSR count). The molecule has 0 atom stereocenters. The minimum absolute atomic E-state index is 0.116. The van der Waals surface area contributed by atoms with Gasteiger partial charge in [-0.3, -0.25) is 9.48 Å². The molecule has 138 valence electrons. The second-order valence-electron chi connectivity index (χ2n) is 6.83. The molecule has 26 heavy (non-hydrogen) atoms. The molecule has 0 radical (unpaired) electrons. The van der Waals surface area contributed by atoms with E-state index in [0.717, 1.165) is 37.9 Å². The van der Waals surface area contributed by atoms with Crippen molar-refractivity contribution < 1.29 is 4.79 Å². The molecular formula is C18H25N7O. The smallest absolute Gasteiger partial charge is 0.244 e. The number of carbonyl (C=O) groups is 1. The normalized spacial score (nSPS) is 18.2. The number of aromatic nitrogens is 4. The minimum Gasteiger partial charge on any atom is -0.353 e. The Balaban J connectivity index is 1.35. The summed E-state index contributed by atoms with van der Waals surface area (Å²) in [6.07, 6.45) is 9.08. The van der Waals surface area contributed by atoms with Crippen LogP contribution in [0.25, 0.3) is 0 Å². The van der Waals surface area contributed by atoms with Crippen LogP contribution in [0.5, 0.6) is 0 Å². The van der Waals surface area contributed by atoms with E-state index in [1.807, 2.05) is 29.4 Å².